The second kappa shape index (κ2) is 9.92. The minimum Gasteiger partial charge on any atom is -0.478 e. The predicted octanol–water partition coefficient (Wildman–Crippen LogP) is 6.49. The van der Waals surface area contributed by atoms with Gasteiger partial charge in [0.1, 0.15) is 5.82 Å². The molecule has 7 heteroatoms. The lowest BCUT2D eigenvalue weighted by molar-refractivity contribution is 0.0696. The number of aromatic carboxylic acids is 1. The third-order valence-electron chi connectivity index (χ3n) is 6.62. The number of rotatable bonds is 6. The average molecular weight is 488 g/mol. The minimum atomic E-state index is -0.964. The number of carboxylic acids is 1. The molecule has 1 amide bonds. The molecule has 2 N–H and O–H groups in total. The number of hydrogen-bond donors (Lipinski definition) is 2. The van der Waals surface area contributed by atoms with Crippen LogP contribution in [0.1, 0.15) is 64.4 Å². The number of nitrogens with one attached hydrogen (secondary N) is 1. The van der Waals surface area contributed by atoms with Gasteiger partial charge < -0.3 is 15.0 Å². The van der Waals surface area contributed by atoms with E-state index in [9.17, 15) is 14.7 Å². The molecule has 0 atom stereocenters. The fourth-order valence-corrected chi connectivity index (χ4v) is 5.06. The monoisotopic (exact) mass is 487 g/mol. The van der Waals surface area contributed by atoms with Gasteiger partial charge in [-0.15, -0.1) is 0 Å². The number of halogens is 1. The van der Waals surface area contributed by atoms with E-state index < -0.39 is 5.97 Å². The van der Waals surface area contributed by atoms with Crippen LogP contribution in [0.25, 0.3) is 22.4 Å². The Balaban J connectivity index is 1.44. The molecule has 0 aliphatic heterocycles. The maximum Gasteiger partial charge on any atom is 0.335 e. The lowest BCUT2D eigenvalue weighted by Crippen LogP contribution is -2.22. The molecule has 6 nitrogen and oxygen atoms in total. The summed E-state index contributed by atoms with van der Waals surface area (Å²) in [5.41, 5.74) is 4.24. The van der Waals surface area contributed by atoms with Crippen LogP contribution in [0.15, 0.2) is 66.7 Å². The van der Waals surface area contributed by atoms with Crippen LogP contribution >= 0.6 is 11.6 Å². The number of carbonyl (C=O) groups excluding carboxylic acids is 1. The highest BCUT2D eigenvalue weighted by Crippen LogP contribution is 2.36. The second-order valence-electron chi connectivity index (χ2n) is 9.00. The summed E-state index contributed by atoms with van der Waals surface area (Å²) in [5, 5.41) is 13.0. The Bertz CT molecular complexity index is 1390. The zero-order valence-electron chi connectivity index (χ0n) is 19.2. The summed E-state index contributed by atoms with van der Waals surface area (Å²) in [4.78, 5) is 29.0. The van der Waals surface area contributed by atoms with Gasteiger partial charge in [0.25, 0.3) is 5.91 Å². The van der Waals surface area contributed by atoms with Crippen LogP contribution in [0.3, 0.4) is 0 Å². The van der Waals surface area contributed by atoms with Gasteiger partial charge in [0.15, 0.2) is 0 Å². The Kier molecular flexibility index (Phi) is 6.55. The average Bonchev–Trinajstić information content (AvgIpc) is 3.27. The van der Waals surface area contributed by atoms with Gasteiger partial charge in [-0.25, -0.2) is 9.78 Å². The van der Waals surface area contributed by atoms with E-state index in [4.69, 9.17) is 16.6 Å². The summed E-state index contributed by atoms with van der Waals surface area (Å²) < 4.78 is 2.26. The quantitative estimate of drug-likeness (QED) is 0.325. The van der Waals surface area contributed by atoms with Crippen LogP contribution in [0, 0.1) is 0 Å². The summed E-state index contributed by atoms with van der Waals surface area (Å²) in [6.07, 6.45) is 5.72. The van der Waals surface area contributed by atoms with Crippen molar-refractivity contribution in [2.75, 3.05) is 0 Å². The van der Waals surface area contributed by atoms with Gasteiger partial charge in [0.05, 0.1) is 16.6 Å². The molecule has 0 unspecified atom stereocenters. The summed E-state index contributed by atoms with van der Waals surface area (Å²) in [6, 6.07) is 20.3. The van der Waals surface area contributed by atoms with Crippen molar-refractivity contribution >= 4 is 34.5 Å². The highest BCUT2D eigenvalue weighted by Gasteiger charge is 2.23. The molecular weight excluding hydrogens is 462 g/mol. The van der Waals surface area contributed by atoms with Crippen LogP contribution in [0.5, 0.6) is 0 Å². The molecule has 0 spiro atoms. The van der Waals surface area contributed by atoms with Gasteiger partial charge in [-0.2, -0.15) is 0 Å². The van der Waals surface area contributed by atoms with Gasteiger partial charge in [0, 0.05) is 28.7 Å². The van der Waals surface area contributed by atoms with Crippen LogP contribution < -0.4 is 5.32 Å². The van der Waals surface area contributed by atoms with Crippen molar-refractivity contribution in [2.24, 2.45) is 0 Å². The van der Waals surface area contributed by atoms with E-state index in [1.165, 1.54) is 19.3 Å². The van der Waals surface area contributed by atoms with E-state index in [2.05, 4.69) is 9.88 Å². The maximum absolute atomic E-state index is 12.7. The van der Waals surface area contributed by atoms with E-state index in [1.54, 1.807) is 30.3 Å². The molecule has 5 rings (SSSR count). The smallest absolute Gasteiger partial charge is 0.335 e. The van der Waals surface area contributed by atoms with Crippen LogP contribution in [-0.2, 0) is 6.54 Å². The fraction of sp³-hybridized carbons (Fsp3) is 0.250. The van der Waals surface area contributed by atoms with Gasteiger partial charge >= 0.3 is 5.97 Å². The number of carboxylic acid groups (broad SMARTS) is 1. The first kappa shape index (κ1) is 23.1. The lowest BCUT2D eigenvalue weighted by atomic mass is 9.94. The molecular formula is C28H26ClN3O3. The number of fused-ring (bicyclic) bond motifs is 1. The molecule has 1 aliphatic rings. The zero-order chi connectivity index (χ0) is 24.4. The molecule has 1 aliphatic carbocycles. The first-order valence-corrected chi connectivity index (χ1v) is 12.3. The number of hydrogen-bond acceptors (Lipinski definition) is 3. The first-order valence-electron chi connectivity index (χ1n) is 11.9. The number of amides is 1. The Morgan fingerprint density at radius 3 is 2.43 bits per heavy atom. The van der Waals surface area contributed by atoms with Crippen molar-refractivity contribution < 1.29 is 14.7 Å². The van der Waals surface area contributed by atoms with Gasteiger partial charge in [-0.1, -0.05) is 55.1 Å². The molecule has 4 aromatic rings. The summed E-state index contributed by atoms with van der Waals surface area (Å²) >= 11 is 6.03. The van der Waals surface area contributed by atoms with Gasteiger partial charge in [-0.3, -0.25) is 4.79 Å². The number of aromatic nitrogens is 2. The number of carbonyl (C=O) groups is 2. The number of imidazole rings is 1. The molecule has 1 heterocycles. The van der Waals surface area contributed by atoms with E-state index in [0.717, 1.165) is 35.3 Å². The SMILES string of the molecule is O=C(O)c1ccc2c(c1)nc(-c1ccc(C(=O)NCc3cccc(Cl)c3)cc1)n2C1CCCCC1. The Morgan fingerprint density at radius 1 is 0.971 bits per heavy atom. The van der Waals surface area contributed by atoms with E-state index in [-0.39, 0.29) is 11.5 Å². The van der Waals surface area contributed by atoms with E-state index in [0.29, 0.717) is 28.7 Å². The Hall–Kier alpha value is -3.64. The maximum atomic E-state index is 12.7. The first-order chi connectivity index (χ1) is 17.0. The molecule has 0 bridgehead atoms. The van der Waals surface area contributed by atoms with Crippen molar-refractivity contribution in [1.82, 2.24) is 14.9 Å². The highest BCUT2D eigenvalue weighted by atomic mass is 35.5. The molecule has 0 saturated heterocycles. The predicted molar refractivity (Wildman–Crippen MR) is 137 cm³/mol. The molecule has 1 saturated carbocycles. The molecule has 1 fully saturated rings. The third-order valence-corrected chi connectivity index (χ3v) is 6.86. The van der Waals surface area contributed by atoms with Crippen molar-refractivity contribution in [3.05, 3.63) is 88.4 Å². The molecule has 0 radical (unpaired) electrons. The van der Waals surface area contributed by atoms with Crippen molar-refractivity contribution in [3.63, 3.8) is 0 Å². The number of benzene rings is 3. The lowest BCUT2D eigenvalue weighted by Gasteiger charge is -2.25. The normalized spacial score (nSPS) is 14.2. The van der Waals surface area contributed by atoms with Crippen molar-refractivity contribution in [1.29, 1.82) is 0 Å². The van der Waals surface area contributed by atoms with Gasteiger partial charge in [0.2, 0.25) is 0 Å². The molecule has 35 heavy (non-hydrogen) atoms. The molecule has 1 aromatic heterocycles. The van der Waals surface area contributed by atoms with Crippen LogP contribution in [-0.4, -0.2) is 26.5 Å². The minimum absolute atomic E-state index is 0.164. The van der Waals surface area contributed by atoms with Crippen molar-refractivity contribution in [2.45, 2.75) is 44.7 Å². The van der Waals surface area contributed by atoms with Gasteiger partial charge in [-0.05, 0) is 60.9 Å². The van der Waals surface area contributed by atoms with Crippen molar-refractivity contribution in [3.8, 4) is 11.4 Å². The Labute approximate surface area is 208 Å². The molecule has 178 valence electrons. The zero-order valence-corrected chi connectivity index (χ0v) is 20.0. The molecule has 3 aromatic carbocycles. The third kappa shape index (κ3) is 4.93. The largest absolute Gasteiger partial charge is 0.478 e. The summed E-state index contributed by atoms with van der Waals surface area (Å²) in [5.74, 6) is -0.322. The van der Waals surface area contributed by atoms with E-state index >= 15 is 0 Å². The number of nitrogens with zero attached hydrogens (tertiary/aromatic N) is 2. The summed E-state index contributed by atoms with van der Waals surface area (Å²) in [6.45, 7) is 0.393. The topological polar surface area (TPSA) is 84.2 Å². The van der Waals surface area contributed by atoms with Crippen LogP contribution in [0.4, 0.5) is 0 Å². The Morgan fingerprint density at radius 2 is 1.71 bits per heavy atom. The standard InChI is InChI=1S/C28H26ClN3O3/c29-22-6-4-5-18(15-22)17-30-27(33)20-11-9-19(10-12-20)26-31-24-16-21(28(34)35)13-14-25(24)32(26)23-7-2-1-3-8-23/h4-6,9-16,23H,1-3,7-8,17H2,(H,30,33)(H,34,35). The van der Waals surface area contributed by atoms with E-state index in [1.807, 2.05) is 36.4 Å². The highest BCUT2D eigenvalue weighted by molar-refractivity contribution is 6.30. The second-order valence-corrected chi connectivity index (χ2v) is 9.43. The van der Waals surface area contributed by atoms with Crippen LogP contribution in [0.2, 0.25) is 5.02 Å². The summed E-state index contributed by atoms with van der Waals surface area (Å²) in [7, 11) is 0. The fourth-order valence-electron chi connectivity index (χ4n) is 4.85.